The maximum atomic E-state index is 13.9. The normalized spacial score (nSPS) is 22.6. The standard InChI is InChI=1S/C33H36N6O2/c1-20-13-22-14-23(31-36-18-28(32(3)6-7-32)39(31)19-26(22)25-17-34-16-24(20)25)15-29(40)38-11-8-33(9-12-38)27-5-4-10-35-30(27)37-21(2)41-33/h4-5,10,13,17-18,23H,2,6-9,11-12,14-16,19H2,1,3H3,(H,35,37)/t23-/m0/s1. The lowest BCUT2D eigenvalue weighted by atomic mass is 9.83. The van der Waals surface area contributed by atoms with Crippen LogP contribution < -0.4 is 5.32 Å². The first kappa shape index (κ1) is 24.8. The number of anilines is 1. The zero-order valence-corrected chi connectivity index (χ0v) is 23.9. The van der Waals surface area contributed by atoms with Crippen molar-refractivity contribution in [2.75, 3.05) is 18.4 Å². The van der Waals surface area contributed by atoms with Gasteiger partial charge >= 0.3 is 0 Å². The summed E-state index contributed by atoms with van der Waals surface area (Å²) in [5.74, 6) is 2.61. The molecule has 3 aromatic rings. The van der Waals surface area contributed by atoms with Crippen molar-refractivity contribution in [2.45, 2.75) is 82.4 Å². The van der Waals surface area contributed by atoms with Crippen LogP contribution in [0.3, 0.4) is 0 Å². The van der Waals surface area contributed by atoms with E-state index in [2.05, 4.69) is 64.8 Å². The molecular formula is C33H36N6O2. The second kappa shape index (κ2) is 8.78. The van der Waals surface area contributed by atoms with Gasteiger partial charge in [0.05, 0.1) is 6.54 Å². The highest BCUT2D eigenvalue weighted by Crippen LogP contribution is 2.49. The van der Waals surface area contributed by atoms with Gasteiger partial charge in [0.2, 0.25) is 5.91 Å². The number of aryl methyl sites for hydroxylation is 1. The Bertz CT molecular complexity index is 1640. The van der Waals surface area contributed by atoms with E-state index in [0.717, 1.165) is 36.7 Å². The lowest BCUT2D eigenvalue weighted by molar-refractivity contribution is -0.137. The van der Waals surface area contributed by atoms with Crippen LogP contribution in [-0.4, -0.2) is 44.6 Å². The fourth-order valence-corrected chi connectivity index (χ4v) is 7.60. The quantitative estimate of drug-likeness (QED) is 0.494. The number of likely N-dealkylation sites (tertiary alicyclic amines) is 1. The summed E-state index contributed by atoms with van der Waals surface area (Å²) in [7, 11) is 0. The van der Waals surface area contributed by atoms with Crippen molar-refractivity contribution in [1.29, 1.82) is 0 Å². The summed E-state index contributed by atoms with van der Waals surface area (Å²) < 4.78 is 8.75. The van der Waals surface area contributed by atoms with Crippen LogP contribution in [0.25, 0.3) is 0 Å². The average molecular weight is 549 g/mol. The van der Waals surface area contributed by atoms with Gasteiger partial charge in [-0.2, -0.15) is 0 Å². The third kappa shape index (κ3) is 3.86. The van der Waals surface area contributed by atoms with E-state index in [0.29, 0.717) is 38.2 Å². The Hall–Kier alpha value is -3.94. The summed E-state index contributed by atoms with van der Waals surface area (Å²) in [6, 6.07) is 6.37. The molecule has 0 bridgehead atoms. The molecule has 6 heterocycles. The SMILES string of the molecule is C=C1Nc2ncccc2C2(CCN(C(=O)C[C@@H]3Cc4cc(C)c5c(c4Cn4c(C6(C)CC6)cnc43)C=NC5)CC2)O1. The molecule has 1 aliphatic carbocycles. The molecule has 41 heavy (non-hydrogen) atoms. The number of hydrogen-bond acceptors (Lipinski definition) is 6. The van der Waals surface area contributed by atoms with E-state index < -0.39 is 5.60 Å². The van der Waals surface area contributed by atoms with E-state index in [4.69, 9.17) is 9.72 Å². The molecule has 8 rings (SSSR count). The van der Waals surface area contributed by atoms with Crippen molar-refractivity contribution in [3.63, 3.8) is 0 Å². The first-order chi connectivity index (χ1) is 19.8. The number of pyridine rings is 1. The van der Waals surface area contributed by atoms with E-state index in [-0.39, 0.29) is 17.2 Å². The monoisotopic (exact) mass is 548 g/mol. The van der Waals surface area contributed by atoms with Gasteiger partial charge in [0.1, 0.15) is 17.2 Å². The molecule has 210 valence electrons. The number of nitrogens with one attached hydrogen (secondary N) is 1. The Kier molecular flexibility index (Phi) is 5.31. The molecular weight excluding hydrogens is 512 g/mol. The minimum absolute atomic E-state index is 0.0337. The van der Waals surface area contributed by atoms with Gasteiger partial charge in [0.25, 0.3) is 0 Å². The molecule has 8 nitrogen and oxygen atoms in total. The van der Waals surface area contributed by atoms with E-state index in [9.17, 15) is 4.79 Å². The van der Waals surface area contributed by atoms with Gasteiger partial charge in [0, 0.05) is 85.7 Å². The van der Waals surface area contributed by atoms with Gasteiger partial charge in [-0.05, 0) is 67.2 Å². The van der Waals surface area contributed by atoms with E-state index >= 15 is 0 Å². The number of imidazole rings is 1. The van der Waals surface area contributed by atoms with Crippen molar-refractivity contribution in [3.05, 3.63) is 88.0 Å². The van der Waals surface area contributed by atoms with E-state index in [1.165, 1.54) is 46.4 Å². The number of fused-ring (bicyclic) bond motifs is 6. The lowest BCUT2D eigenvalue weighted by Gasteiger charge is -2.45. The second-order valence-electron chi connectivity index (χ2n) is 12.9. The molecule has 5 aliphatic rings. The van der Waals surface area contributed by atoms with E-state index in [1.807, 2.05) is 11.0 Å². The Morgan fingerprint density at radius 1 is 1.20 bits per heavy atom. The molecule has 1 spiro atoms. The number of benzene rings is 1. The van der Waals surface area contributed by atoms with Crippen LogP contribution in [0.1, 0.15) is 89.8 Å². The van der Waals surface area contributed by atoms with Crippen LogP contribution >= 0.6 is 0 Å². The molecule has 2 fully saturated rings. The van der Waals surface area contributed by atoms with Crippen LogP contribution in [0.2, 0.25) is 0 Å². The van der Waals surface area contributed by atoms with Crippen molar-refractivity contribution < 1.29 is 9.53 Å². The molecule has 2 aromatic heterocycles. The highest BCUT2D eigenvalue weighted by Gasteiger charge is 2.46. The van der Waals surface area contributed by atoms with Crippen LogP contribution in [-0.2, 0) is 40.1 Å². The smallest absolute Gasteiger partial charge is 0.223 e. The van der Waals surface area contributed by atoms with Gasteiger partial charge in [-0.3, -0.25) is 9.79 Å². The maximum absolute atomic E-state index is 13.9. The molecule has 4 aliphatic heterocycles. The summed E-state index contributed by atoms with van der Waals surface area (Å²) in [5.41, 5.74) is 8.71. The molecule has 1 saturated heterocycles. The number of piperidine rings is 1. The number of ether oxygens (including phenoxy) is 1. The molecule has 0 radical (unpaired) electrons. The molecule has 0 unspecified atom stereocenters. The zero-order chi connectivity index (χ0) is 27.9. The largest absolute Gasteiger partial charge is 0.468 e. The predicted molar refractivity (Wildman–Crippen MR) is 157 cm³/mol. The van der Waals surface area contributed by atoms with Gasteiger partial charge in [-0.1, -0.05) is 13.0 Å². The molecule has 1 amide bonds. The molecule has 1 aromatic carbocycles. The summed E-state index contributed by atoms with van der Waals surface area (Å²) in [6.07, 6.45) is 11.0. The number of rotatable bonds is 3. The number of aromatic nitrogens is 3. The summed E-state index contributed by atoms with van der Waals surface area (Å²) in [5, 5.41) is 3.15. The Morgan fingerprint density at radius 2 is 2.02 bits per heavy atom. The number of hydrogen-bond donors (Lipinski definition) is 1. The topological polar surface area (TPSA) is 84.6 Å². The zero-order valence-electron chi connectivity index (χ0n) is 23.9. The first-order valence-corrected chi connectivity index (χ1v) is 14.9. The third-order valence-corrected chi connectivity index (χ3v) is 10.2. The van der Waals surface area contributed by atoms with Crippen molar-refractivity contribution in [3.8, 4) is 0 Å². The number of aliphatic imine (C=N–C) groups is 1. The minimum atomic E-state index is -0.492. The van der Waals surface area contributed by atoms with Crippen molar-refractivity contribution in [1.82, 2.24) is 19.4 Å². The summed E-state index contributed by atoms with van der Waals surface area (Å²) in [6.45, 7) is 11.4. The van der Waals surface area contributed by atoms with Gasteiger partial charge in [-0.15, -0.1) is 0 Å². The average Bonchev–Trinajstić information content (AvgIpc) is 3.35. The highest BCUT2D eigenvalue weighted by molar-refractivity contribution is 5.88. The number of amides is 1. The Balaban J connectivity index is 1.08. The number of nitrogens with zero attached hydrogens (tertiary/aromatic N) is 5. The minimum Gasteiger partial charge on any atom is -0.468 e. The third-order valence-electron chi connectivity index (χ3n) is 10.2. The summed E-state index contributed by atoms with van der Waals surface area (Å²) >= 11 is 0. The lowest BCUT2D eigenvalue weighted by Crippen LogP contribution is -2.48. The molecule has 1 atom stereocenters. The fourth-order valence-electron chi connectivity index (χ4n) is 7.60. The van der Waals surface area contributed by atoms with Crippen LogP contribution in [0.15, 0.2) is 48.0 Å². The van der Waals surface area contributed by atoms with Crippen LogP contribution in [0.5, 0.6) is 0 Å². The fraction of sp³-hybridized carbons (Fsp3) is 0.455. The Morgan fingerprint density at radius 3 is 2.83 bits per heavy atom. The highest BCUT2D eigenvalue weighted by atomic mass is 16.5. The first-order valence-electron chi connectivity index (χ1n) is 14.9. The maximum Gasteiger partial charge on any atom is 0.223 e. The molecule has 1 N–H and O–H groups in total. The number of carbonyl (C=O) groups excluding carboxylic acids is 1. The van der Waals surface area contributed by atoms with Crippen molar-refractivity contribution >= 4 is 17.9 Å². The second-order valence-corrected chi connectivity index (χ2v) is 12.9. The summed E-state index contributed by atoms with van der Waals surface area (Å²) in [4.78, 5) is 30.1. The Labute approximate surface area is 240 Å². The number of carbonyl (C=O) groups is 1. The molecule has 1 saturated carbocycles. The van der Waals surface area contributed by atoms with Gasteiger partial charge in [-0.25, -0.2) is 9.97 Å². The molecule has 8 heteroatoms. The predicted octanol–water partition coefficient (Wildman–Crippen LogP) is 5.08. The van der Waals surface area contributed by atoms with Crippen molar-refractivity contribution in [2.24, 2.45) is 4.99 Å². The van der Waals surface area contributed by atoms with Crippen LogP contribution in [0, 0.1) is 6.92 Å². The van der Waals surface area contributed by atoms with Crippen LogP contribution in [0.4, 0.5) is 5.82 Å². The van der Waals surface area contributed by atoms with Gasteiger partial charge < -0.3 is 19.5 Å². The van der Waals surface area contributed by atoms with Gasteiger partial charge in [0.15, 0.2) is 5.88 Å². The van der Waals surface area contributed by atoms with E-state index in [1.54, 1.807) is 6.20 Å².